The molecule has 6 nitrogen and oxygen atoms in total. The molecule has 0 saturated heterocycles. The SMILES string of the molecule is COc1cc(Cl)ccc1-c1nc(C)c(CC(=O)OCc2ccc3c(c2)nc2n3CCSC2)s1. The van der Waals surface area contributed by atoms with Crippen molar-refractivity contribution in [2.45, 2.75) is 32.2 Å². The number of esters is 1. The highest BCUT2D eigenvalue weighted by molar-refractivity contribution is 7.98. The minimum absolute atomic E-state index is 0.178. The summed E-state index contributed by atoms with van der Waals surface area (Å²) in [4.78, 5) is 22.8. The maximum atomic E-state index is 12.6. The molecule has 170 valence electrons. The normalized spacial score (nSPS) is 13.2. The molecule has 0 unspecified atom stereocenters. The van der Waals surface area contributed by atoms with E-state index in [1.54, 1.807) is 19.2 Å². The number of carbonyl (C=O) groups is 1. The van der Waals surface area contributed by atoms with E-state index < -0.39 is 0 Å². The number of benzene rings is 2. The lowest BCUT2D eigenvalue weighted by molar-refractivity contribution is -0.144. The Bertz CT molecular complexity index is 1350. The lowest BCUT2D eigenvalue weighted by atomic mass is 10.2. The van der Waals surface area contributed by atoms with Gasteiger partial charge in [0, 0.05) is 22.2 Å². The fraction of sp³-hybridized carbons (Fsp3) is 0.292. The third-order valence-corrected chi connectivity index (χ3v) is 7.93. The van der Waals surface area contributed by atoms with Gasteiger partial charge in [0.05, 0.1) is 41.6 Å². The van der Waals surface area contributed by atoms with Gasteiger partial charge in [-0.25, -0.2) is 9.97 Å². The standard InChI is InChI=1S/C24H22ClN3O3S2/c1-14-21(33-24(26-14)17-5-4-16(25)10-20(17)30-2)11-23(29)31-12-15-3-6-19-18(9-15)27-22-13-32-8-7-28(19)22/h3-6,9-10H,7-8,11-13H2,1-2H3. The summed E-state index contributed by atoms with van der Waals surface area (Å²) in [7, 11) is 1.60. The number of methoxy groups -OCH3 is 1. The molecule has 0 saturated carbocycles. The van der Waals surface area contributed by atoms with Crippen LogP contribution in [0.4, 0.5) is 0 Å². The third-order valence-electron chi connectivity index (χ3n) is 5.57. The maximum absolute atomic E-state index is 12.6. The molecule has 33 heavy (non-hydrogen) atoms. The first kappa shape index (κ1) is 22.3. The summed E-state index contributed by atoms with van der Waals surface area (Å²) in [6.45, 7) is 3.11. The minimum atomic E-state index is -0.281. The number of imidazole rings is 1. The fourth-order valence-electron chi connectivity index (χ4n) is 3.89. The van der Waals surface area contributed by atoms with Gasteiger partial charge in [0.1, 0.15) is 23.2 Å². The first-order valence-electron chi connectivity index (χ1n) is 10.5. The number of hydrogen-bond donors (Lipinski definition) is 0. The zero-order valence-electron chi connectivity index (χ0n) is 18.3. The summed E-state index contributed by atoms with van der Waals surface area (Å²) >= 11 is 9.44. The van der Waals surface area contributed by atoms with Crippen LogP contribution in [0.2, 0.25) is 5.02 Å². The van der Waals surface area contributed by atoms with E-state index in [0.29, 0.717) is 10.8 Å². The number of rotatable bonds is 6. The Hall–Kier alpha value is -2.55. The van der Waals surface area contributed by atoms with E-state index in [1.807, 2.05) is 36.9 Å². The van der Waals surface area contributed by atoms with Gasteiger partial charge in [0.25, 0.3) is 0 Å². The summed E-state index contributed by atoms with van der Waals surface area (Å²) in [5, 5.41) is 1.39. The average molecular weight is 500 g/mol. The van der Waals surface area contributed by atoms with Crippen molar-refractivity contribution in [2.75, 3.05) is 12.9 Å². The van der Waals surface area contributed by atoms with Gasteiger partial charge in [-0.05, 0) is 42.8 Å². The Labute approximate surface area is 204 Å². The summed E-state index contributed by atoms with van der Waals surface area (Å²) in [5.74, 6) is 3.54. The van der Waals surface area contributed by atoms with Crippen molar-refractivity contribution in [3.63, 3.8) is 0 Å². The van der Waals surface area contributed by atoms with Gasteiger partial charge in [-0.3, -0.25) is 4.79 Å². The van der Waals surface area contributed by atoms with Crippen LogP contribution in [-0.2, 0) is 34.9 Å². The molecule has 0 atom stereocenters. The largest absolute Gasteiger partial charge is 0.496 e. The van der Waals surface area contributed by atoms with E-state index in [9.17, 15) is 4.79 Å². The molecular formula is C24H22ClN3O3S2. The number of thioether (sulfide) groups is 1. The number of aryl methyl sites for hydroxylation is 2. The molecule has 0 aliphatic carbocycles. The van der Waals surface area contributed by atoms with Crippen LogP contribution in [0.5, 0.6) is 5.75 Å². The molecule has 2 aromatic heterocycles. The van der Waals surface area contributed by atoms with Crippen LogP contribution >= 0.6 is 34.7 Å². The molecule has 0 radical (unpaired) electrons. The number of fused-ring (bicyclic) bond motifs is 3. The van der Waals surface area contributed by atoms with Crippen molar-refractivity contribution in [3.8, 4) is 16.3 Å². The molecule has 5 rings (SSSR count). The Morgan fingerprint density at radius 1 is 1.21 bits per heavy atom. The van der Waals surface area contributed by atoms with Gasteiger partial charge >= 0.3 is 5.97 Å². The number of nitrogens with zero attached hydrogens (tertiary/aromatic N) is 3. The number of halogens is 1. The van der Waals surface area contributed by atoms with Crippen LogP contribution in [0.3, 0.4) is 0 Å². The topological polar surface area (TPSA) is 66.2 Å². The molecule has 2 aromatic carbocycles. The highest BCUT2D eigenvalue weighted by Gasteiger charge is 2.18. The average Bonchev–Trinajstić information content (AvgIpc) is 3.37. The number of carbonyl (C=O) groups excluding carboxylic acids is 1. The van der Waals surface area contributed by atoms with E-state index in [2.05, 4.69) is 15.6 Å². The summed E-state index contributed by atoms with van der Waals surface area (Å²) in [6.07, 6.45) is 0.178. The van der Waals surface area contributed by atoms with Crippen molar-refractivity contribution in [1.82, 2.24) is 14.5 Å². The van der Waals surface area contributed by atoms with Crippen molar-refractivity contribution >= 4 is 51.7 Å². The van der Waals surface area contributed by atoms with Crippen LogP contribution in [0.1, 0.15) is 22.0 Å². The number of thiazole rings is 1. The molecule has 0 bridgehead atoms. The third kappa shape index (κ3) is 4.60. The molecular weight excluding hydrogens is 478 g/mol. The minimum Gasteiger partial charge on any atom is -0.496 e. The highest BCUT2D eigenvalue weighted by atomic mass is 35.5. The lowest BCUT2D eigenvalue weighted by Gasteiger charge is -2.13. The maximum Gasteiger partial charge on any atom is 0.311 e. The predicted octanol–water partition coefficient (Wildman–Crippen LogP) is 5.66. The van der Waals surface area contributed by atoms with E-state index in [0.717, 1.165) is 61.6 Å². The first-order valence-corrected chi connectivity index (χ1v) is 12.9. The van der Waals surface area contributed by atoms with Crippen molar-refractivity contribution in [2.24, 2.45) is 0 Å². The monoisotopic (exact) mass is 499 g/mol. The van der Waals surface area contributed by atoms with Crippen molar-refractivity contribution in [3.05, 3.63) is 63.4 Å². The molecule has 1 aliphatic heterocycles. The molecule has 0 spiro atoms. The van der Waals surface area contributed by atoms with Gasteiger partial charge in [-0.15, -0.1) is 11.3 Å². The van der Waals surface area contributed by atoms with Gasteiger partial charge in [-0.1, -0.05) is 17.7 Å². The molecule has 1 aliphatic rings. The summed E-state index contributed by atoms with van der Waals surface area (Å²) in [6, 6.07) is 11.5. The van der Waals surface area contributed by atoms with Gasteiger partial charge < -0.3 is 14.0 Å². The quantitative estimate of drug-likeness (QED) is 0.319. The zero-order valence-corrected chi connectivity index (χ0v) is 20.6. The molecule has 3 heterocycles. The molecule has 0 amide bonds. The van der Waals surface area contributed by atoms with Crippen LogP contribution in [0.15, 0.2) is 36.4 Å². The molecule has 0 N–H and O–H groups in total. The Morgan fingerprint density at radius 3 is 2.94 bits per heavy atom. The van der Waals surface area contributed by atoms with Crippen LogP contribution in [0, 0.1) is 6.92 Å². The molecule has 4 aromatic rings. The van der Waals surface area contributed by atoms with Crippen molar-refractivity contribution in [1.29, 1.82) is 0 Å². The lowest BCUT2D eigenvalue weighted by Crippen LogP contribution is -2.10. The first-order chi connectivity index (χ1) is 16.0. The second kappa shape index (κ2) is 9.37. The van der Waals surface area contributed by atoms with E-state index in [1.165, 1.54) is 11.3 Å². The van der Waals surface area contributed by atoms with E-state index in [4.69, 9.17) is 26.1 Å². The Kier molecular flexibility index (Phi) is 6.32. The van der Waals surface area contributed by atoms with Crippen LogP contribution in [-0.4, -0.2) is 33.4 Å². The molecule has 9 heteroatoms. The van der Waals surface area contributed by atoms with Crippen LogP contribution < -0.4 is 4.74 Å². The van der Waals surface area contributed by atoms with Gasteiger partial charge in [-0.2, -0.15) is 11.8 Å². The predicted molar refractivity (Wildman–Crippen MR) is 133 cm³/mol. The zero-order chi connectivity index (χ0) is 22.9. The van der Waals surface area contributed by atoms with Crippen LogP contribution in [0.25, 0.3) is 21.6 Å². The second-order valence-corrected chi connectivity index (χ2v) is 10.4. The Balaban J connectivity index is 1.26. The van der Waals surface area contributed by atoms with Gasteiger partial charge in [0.2, 0.25) is 0 Å². The van der Waals surface area contributed by atoms with E-state index in [-0.39, 0.29) is 19.0 Å². The second-order valence-electron chi connectivity index (χ2n) is 7.76. The highest BCUT2D eigenvalue weighted by Crippen LogP contribution is 2.36. The molecule has 0 fully saturated rings. The Morgan fingerprint density at radius 2 is 2.09 bits per heavy atom. The number of aromatic nitrogens is 3. The summed E-state index contributed by atoms with van der Waals surface area (Å²) < 4.78 is 13.3. The van der Waals surface area contributed by atoms with Crippen molar-refractivity contribution < 1.29 is 14.3 Å². The summed E-state index contributed by atoms with van der Waals surface area (Å²) in [5.41, 5.74) is 4.70. The number of ether oxygens (including phenoxy) is 2. The number of hydrogen-bond acceptors (Lipinski definition) is 7. The van der Waals surface area contributed by atoms with E-state index >= 15 is 0 Å². The fourth-order valence-corrected chi connectivity index (χ4v) is 5.99. The smallest absolute Gasteiger partial charge is 0.311 e. The van der Waals surface area contributed by atoms with Gasteiger partial charge in [0.15, 0.2) is 0 Å².